The summed E-state index contributed by atoms with van der Waals surface area (Å²) >= 11 is 0. The summed E-state index contributed by atoms with van der Waals surface area (Å²) in [5.74, 6) is 2.66. The summed E-state index contributed by atoms with van der Waals surface area (Å²) in [6, 6.07) is 0.647. The molecular formula is C21H41IN4O. The summed E-state index contributed by atoms with van der Waals surface area (Å²) < 4.78 is 5.53. The number of halogens is 1. The lowest BCUT2D eigenvalue weighted by Gasteiger charge is -2.31. The summed E-state index contributed by atoms with van der Waals surface area (Å²) in [5, 5.41) is 3.49. The molecule has 2 aliphatic heterocycles. The lowest BCUT2D eigenvalue weighted by molar-refractivity contribution is 0.181. The molecule has 0 amide bonds. The molecule has 1 N–H and O–H groups in total. The Morgan fingerprint density at radius 1 is 1.11 bits per heavy atom. The van der Waals surface area contributed by atoms with Crippen LogP contribution in [0.2, 0.25) is 0 Å². The maximum atomic E-state index is 5.53. The van der Waals surface area contributed by atoms with E-state index in [0.717, 1.165) is 44.7 Å². The molecule has 6 heteroatoms. The number of nitrogens with one attached hydrogen (secondary N) is 1. The van der Waals surface area contributed by atoms with Gasteiger partial charge in [-0.15, -0.1) is 24.0 Å². The summed E-state index contributed by atoms with van der Waals surface area (Å²) in [6.07, 6.45) is 11.1. The molecule has 27 heavy (non-hydrogen) atoms. The third-order valence-corrected chi connectivity index (χ3v) is 6.42. The fraction of sp³-hybridized carbons (Fsp3) is 0.952. The minimum Gasteiger partial charge on any atom is -0.381 e. The van der Waals surface area contributed by atoms with Crippen molar-refractivity contribution in [2.24, 2.45) is 16.8 Å². The van der Waals surface area contributed by atoms with E-state index in [2.05, 4.69) is 29.1 Å². The maximum absolute atomic E-state index is 5.53. The van der Waals surface area contributed by atoms with Gasteiger partial charge in [0.1, 0.15) is 0 Å². The van der Waals surface area contributed by atoms with Crippen molar-refractivity contribution in [3.05, 3.63) is 0 Å². The zero-order valence-corrected chi connectivity index (χ0v) is 19.8. The van der Waals surface area contributed by atoms with Crippen molar-refractivity contribution in [1.29, 1.82) is 0 Å². The van der Waals surface area contributed by atoms with Crippen molar-refractivity contribution >= 4 is 29.9 Å². The predicted molar refractivity (Wildman–Crippen MR) is 124 cm³/mol. The van der Waals surface area contributed by atoms with Crippen LogP contribution in [0.4, 0.5) is 0 Å². The number of aliphatic imine (C=N–C) groups is 1. The molecule has 2 heterocycles. The van der Waals surface area contributed by atoms with E-state index in [-0.39, 0.29) is 24.0 Å². The molecule has 3 aliphatic rings. The van der Waals surface area contributed by atoms with Crippen LogP contribution in [0.25, 0.3) is 0 Å². The van der Waals surface area contributed by atoms with Crippen LogP contribution < -0.4 is 5.32 Å². The van der Waals surface area contributed by atoms with E-state index in [1.54, 1.807) is 0 Å². The number of likely N-dealkylation sites (tertiary alicyclic amines) is 1. The Kier molecular flexibility index (Phi) is 10.7. The number of nitrogens with zero attached hydrogens (tertiary/aromatic N) is 3. The third-order valence-electron chi connectivity index (χ3n) is 6.42. The van der Waals surface area contributed by atoms with Crippen LogP contribution in [-0.2, 0) is 4.74 Å². The highest BCUT2D eigenvalue weighted by atomic mass is 127. The molecule has 3 fully saturated rings. The number of hydrogen-bond donors (Lipinski definition) is 1. The summed E-state index contributed by atoms with van der Waals surface area (Å²) in [7, 11) is 2.17. The van der Waals surface area contributed by atoms with Gasteiger partial charge < -0.3 is 15.0 Å². The van der Waals surface area contributed by atoms with Crippen LogP contribution in [0.5, 0.6) is 0 Å². The number of hydrogen-bond acceptors (Lipinski definition) is 3. The molecule has 0 spiro atoms. The minimum absolute atomic E-state index is 0. The van der Waals surface area contributed by atoms with E-state index in [4.69, 9.17) is 9.73 Å². The van der Waals surface area contributed by atoms with Gasteiger partial charge in [0, 0.05) is 45.2 Å². The van der Waals surface area contributed by atoms with E-state index < -0.39 is 0 Å². The summed E-state index contributed by atoms with van der Waals surface area (Å²) in [5.41, 5.74) is 0. The second-order valence-electron chi connectivity index (χ2n) is 8.60. The highest BCUT2D eigenvalue weighted by Gasteiger charge is 2.27. The molecule has 158 valence electrons. The molecule has 2 saturated heterocycles. The highest BCUT2D eigenvalue weighted by molar-refractivity contribution is 14.0. The van der Waals surface area contributed by atoms with Crippen molar-refractivity contribution in [1.82, 2.24) is 15.1 Å². The standard InChI is InChI=1S/C21H40N4O.HI/c1-3-22-21(24(2)15-19-11-13-26-17-19)23-14-20-10-7-12-25(20)16-18-8-5-4-6-9-18;/h18-20H,3-17H2,1-2H3,(H,22,23);1H. The van der Waals surface area contributed by atoms with Crippen LogP contribution >= 0.6 is 24.0 Å². The minimum atomic E-state index is 0. The summed E-state index contributed by atoms with van der Waals surface area (Å²) in [6.45, 7) is 9.50. The van der Waals surface area contributed by atoms with Crippen LogP contribution in [0, 0.1) is 11.8 Å². The van der Waals surface area contributed by atoms with Crippen LogP contribution in [0.3, 0.4) is 0 Å². The van der Waals surface area contributed by atoms with Crippen molar-refractivity contribution < 1.29 is 4.74 Å². The Labute approximate surface area is 183 Å². The smallest absolute Gasteiger partial charge is 0.193 e. The van der Waals surface area contributed by atoms with E-state index in [0.29, 0.717) is 12.0 Å². The van der Waals surface area contributed by atoms with Gasteiger partial charge in [0.15, 0.2) is 5.96 Å². The average Bonchev–Trinajstić information content (AvgIpc) is 3.31. The summed E-state index contributed by atoms with van der Waals surface area (Å²) in [4.78, 5) is 10.1. The lowest BCUT2D eigenvalue weighted by atomic mass is 9.89. The molecule has 1 aliphatic carbocycles. The van der Waals surface area contributed by atoms with Gasteiger partial charge in [-0.25, -0.2) is 0 Å². The third kappa shape index (κ3) is 7.35. The van der Waals surface area contributed by atoms with Crippen molar-refractivity contribution in [3.8, 4) is 0 Å². The Hall–Kier alpha value is -0.0800. The van der Waals surface area contributed by atoms with E-state index in [9.17, 15) is 0 Å². The van der Waals surface area contributed by atoms with Crippen LogP contribution in [0.1, 0.15) is 58.3 Å². The largest absolute Gasteiger partial charge is 0.381 e. The topological polar surface area (TPSA) is 40.1 Å². The molecule has 5 nitrogen and oxygen atoms in total. The van der Waals surface area contributed by atoms with E-state index in [1.165, 1.54) is 64.5 Å². The number of rotatable bonds is 7. The van der Waals surface area contributed by atoms with Gasteiger partial charge in [0.05, 0.1) is 13.2 Å². The molecule has 0 aromatic carbocycles. The molecule has 2 unspecified atom stereocenters. The van der Waals surface area contributed by atoms with Gasteiger partial charge in [-0.05, 0) is 51.5 Å². The zero-order chi connectivity index (χ0) is 18.2. The molecule has 3 rings (SSSR count). The van der Waals surface area contributed by atoms with E-state index in [1.807, 2.05) is 0 Å². The second-order valence-corrected chi connectivity index (χ2v) is 8.60. The Balaban J connectivity index is 0.00000261. The molecule has 0 aromatic rings. The molecule has 1 saturated carbocycles. The normalized spacial score (nSPS) is 27.6. The highest BCUT2D eigenvalue weighted by Crippen LogP contribution is 2.27. The fourth-order valence-corrected chi connectivity index (χ4v) is 4.91. The van der Waals surface area contributed by atoms with Crippen molar-refractivity contribution in [3.63, 3.8) is 0 Å². The lowest BCUT2D eigenvalue weighted by Crippen LogP contribution is -2.43. The number of ether oxygens (including phenoxy) is 1. The Bertz CT molecular complexity index is 436. The molecule has 0 radical (unpaired) electrons. The van der Waals surface area contributed by atoms with Gasteiger partial charge in [0.25, 0.3) is 0 Å². The predicted octanol–water partition coefficient (Wildman–Crippen LogP) is 3.58. The van der Waals surface area contributed by atoms with Crippen LogP contribution in [0.15, 0.2) is 4.99 Å². The van der Waals surface area contributed by atoms with Crippen LogP contribution in [-0.4, -0.2) is 74.8 Å². The molecule has 2 atom stereocenters. The maximum Gasteiger partial charge on any atom is 0.193 e. The first kappa shape index (κ1) is 23.2. The Morgan fingerprint density at radius 2 is 1.93 bits per heavy atom. The van der Waals surface area contributed by atoms with Gasteiger partial charge >= 0.3 is 0 Å². The molecular weight excluding hydrogens is 451 g/mol. The Morgan fingerprint density at radius 3 is 2.63 bits per heavy atom. The molecule has 0 bridgehead atoms. The first-order valence-corrected chi connectivity index (χ1v) is 11.1. The average molecular weight is 492 g/mol. The van der Waals surface area contributed by atoms with Crippen molar-refractivity contribution in [2.75, 3.05) is 53.0 Å². The first-order valence-electron chi connectivity index (χ1n) is 11.1. The van der Waals surface area contributed by atoms with Crippen molar-refractivity contribution in [2.45, 2.75) is 64.3 Å². The first-order chi connectivity index (χ1) is 12.8. The fourth-order valence-electron chi connectivity index (χ4n) is 4.91. The number of guanidine groups is 1. The van der Waals surface area contributed by atoms with E-state index >= 15 is 0 Å². The van der Waals surface area contributed by atoms with Gasteiger partial charge in [0.2, 0.25) is 0 Å². The quantitative estimate of drug-likeness (QED) is 0.335. The SMILES string of the molecule is CCNC(=NCC1CCCN1CC1CCCCC1)N(C)CC1CCOC1.I. The van der Waals surface area contributed by atoms with Gasteiger partial charge in [-0.2, -0.15) is 0 Å². The monoisotopic (exact) mass is 492 g/mol. The second kappa shape index (κ2) is 12.5. The molecule has 0 aromatic heterocycles. The zero-order valence-electron chi connectivity index (χ0n) is 17.5. The van der Waals surface area contributed by atoms with Gasteiger partial charge in [-0.3, -0.25) is 9.89 Å². The van der Waals surface area contributed by atoms with Gasteiger partial charge in [-0.1, -0.05) is 19.3 Å².